The third-order valence-corrected chi connectivity index (χ3v) is 4.65. The van der Waals surface area contributed by atoms with Crippen LogP contribution in [0, 0.1) is 5.92 Å². The van der Waals surface area contributed by atoms with Crippen LogP contribution in [-0.4, -0.2) is 47.4 Å². The number of carbonyl (C=O) groups is 3. The molecule has 0 aromatic carbocycles. The predicted molar refractivity (Wildman–Crippen MR) is 82.8 cm³/mol. The first-order valence-corrected chi connectivity index (χ1v) is 8.25. The molecule has 0 bridgehead atoms. The van der Waals surface area contributed by atoms with Crippen molar-refractivity contribution in [3.8, 4) is 0 Å². The quantitative estimate of drug-likeness (QED) is 0.832. The van der Waals surface area contributed by atoms with Crippen molar-refractivity contribution in [1.82, 2.24) is 10.2 Å². The highest BCUT2D eigenvalue weighted by atomic mass is 32.1. The van der Waals surface area contributed by atoms with Gasteiger partial charge in [0.15, 0.2) is 0 Å². The molecule has 120 valence electrons. The Labute approximate surface area is 133 Å². The average molecular weight is 324 g/mol. The number of nitrogens with one attached hydrogen (secondary N) is 1. The van der Waals surface area contributed by atoms with Gasteiger partial charge in [-0.25, -0.2) is 0 Å². The molecule has 1 fully saturated rings. The van der Waals surface area contributed by atoms with Crippen molar-refractivity contribution in [1.29, 1.82) is 0 Å². The highest BCUT2D eigenvalue weighted by Crippen LogP contribution is 2.21. The molecule has 2 rings (SSSR count). The molecule has 1 atom stereocenters. The summed E-state index contributed by atoms with van der Waals surface area (Å²) in [5.41, 5.74) is 0. The molecule has 1 aromatic heterocycles. The molecule has 7 heteroatoms. The van der Waals surface area contributed by atoms with Gasteiger partial charge in [0.25, 0.3) is 5.91 Å². The van der Waals surface area contributed by atoms with E-state index in [1.54, 1.807) is 17.0 Å². The summed E-state index contributed by atoms with van der Waals surface area (Å²) < 4.78 is 0. The number of rotatable bonds is 6. The van der Waals surface area contributed by atoms with E-state index in [-0.39, 0.29) is 30.7 Å². The van der Waals surface area contributed by atoms with Crippen molar-refractivity contribution in [2.45, 2.75) is 25.7 Å². The lowest BCUT2D eigenvalue weighted by Gasteiger charge is -2.32. The monoisotopic (exact) mass is 324 g/mol. The Hall–Kier alpha value is -1.89. The third-order valence-electron chi connectivity index (χ3n) is 3.78. The van der Waals surface area contributed by atoms with Gasteiger partial charge in [0.2, 0.25) is 5.91 Å². The highest BCUT2D eigenvalue weighted by molar-refractivity contribution is 7.12. The Morgan fingerprint density at radius 1 is 1.41 bits per heavy atom. The number of hydrogen-bond donors (Lipinski definition) is 2. The lowest BCUT2D eigenvalue weighted by Crippen LogP contribution is -2.45. The fourth-order valence-corrected chi connectivity index (χ4v) is 3.26. The van der Waals surface area contributed by atoms with E-state index in [0.717, 1.165) is 12.8 Å². The fourth-order valence-electron chi connectivity index (χ4n) is 2.62. The minimum atomic E-state index is -0.799. The SMILES string of the molecule is O=C(O)CCC1CCCN(C(=O)CNC(=O)c2cccs2)C1. The number of carboxylic acids is 1. The fraction of sp³-hybridized carbons (Fsp3) is 0.533. The van der Waals surface area contributed by atoms with Crippen LogP contribution in [0.15, 0.2) is 17.5 Å². The van der Waals surface area contributed by atoms with Gasteiger partial charge in [0, 0.05) is 19.5 Å². The van der Waals surface area contributed by atoms with E-state index in [9.17, 15) is 14.4 Å². The molecule has 1 aliphatic rings. The van der Waals surface area contributed by atoms with Gasteiger partial charge < -0.3 is 15.3 Å². The van der Waals surface area contributed by atoms with Crippen LogP contribution in [0.25, 0.3) is 0 Å². The summed E-state index contributed by atoms with van der Waals surface area (Å²) >= 11 is 1.34. The molecule has 6 nitrogen and oxygen atoms in total. The van der Waals surface area contributed by atoms with Gasteiger partial charge in [-0.15, -0.1) is 11.3 Å². The van der Waals surface area contributed by atoms with E-state index < -0.39 is 5.97 Å². The van der Waals surface area contributed by atoms with E-state index in [1.807, 2.05) is 5.38 Å². The van der Waals surface area contributed by atoms with Crippen LogP contribution >= 0.6 is 11.3 Å². The second-order valence-corrected chi connectivity index (χ2v) is 6.39. The van der Waals surface area contributed by atoms with Crippen molar-refractivity contribution >= 4 is 29.1 Å². The van der Waals surface area contributed by atoms with Gasteiger partial charge in [-0.2, -0.15) is 0 Å². The van der Waals surface area contributed by atoms with Gasteiger partial charge in [-0.3, -0.25) is 14.4 Å². The topological polar surface area (TPSA) is 86.7 Å². The molecule has 0 spiro atoms. The Kier molecular flexibility index (Phi) is 5.94. The Morgan fingerprint density at radius 3 is 2.91 bits per heavy atom. The standard InChI is InChI=1S/C15H20N2O4S/c18-13(9-16-15(21)12-4-2-8-22-12)17-7-1-3-11(10-17)5-6-14(19)20/h2,4,8,11H,1,3,5-7,9-10H2,(H,16,21)(H,19,20). The molecule has 0 saturated carbocycles. The number of carboxylic acid groups (broad SMARTS) is 1. The second-order valence-electron chi connectivity index (χ2n) is 5.44. The molecule has 0 radical (unpaired) electrons. The summed E-state index contributed by atoms with van der Waals surface area (Å²) in [6.07, 6.45) is 2.58. The zero-order chi connectivity index (χ0) is 15.9. The Balaban J connectivity index is 1.76. The first-order valence-electron chi connectivity index (χ1n) is 7.37. The van der Waals surface area contributed by atoms with Crippen molar-refractivity contribution in [3.63, 3.8) is 0 Å². The van der Waals surface area contributed by atoms with E-state index in [2.05, 4.69) is 5.32 Å². The summed E-state index contributed by atoms with van der Waals surface area (Å²) in [5, 5.41) is 13.2. The van der Waals surface area contributed by atoms with E-state index >= 15 is 0 Å². The maximum Gasteiger partial charge on any atom is 0.303 e. The smallest absolute Gasteiger partial charge is 0.303 e. The number of aliphatic carboxylic acids is 1. The molecule has 1 aliphatic heterocycles. The minimum absolute atomic E-state index is 0.0115. The highest BCUT2D eigenvalue weighted by Gasteiger charge is 2.24. The van der Waals surface area contributed by atoms with Crippen molar-refractivity contribution < 1.29 is 19.5 Å². The van der Waals surface area contributed by atoms with Crippen LogP contribution in [0.5, 0.6) is 0 Å². The van der Waals surface area contributed by atoms with E-state index in [1.165, 1.54) is 11.3 Å². The molecule has 1 unspecified atom stereocenters. The molecular weight excluding hydrogens is 304 g/mol. The molecule has 2 amide bonds. The van der Waals surface area contributed by atoms with Gasteiger partial charge in [0.05, 0.1) is 11.4 Å². The summed E-state index contributed by atoms with van der Waals surface area (Å²) in [7, 11) is 0. The van der Waals surface area contributed by atoms with Gasteiger partial charge >= 0.3 is 5.97 Å². The number of likely N-dealkylation sites (tertiary alicyclic amines) is 1. The van der Waals surface area contributed by atoms with Crippen molar-refractivity contribution in [2.75, 3.05) is 19.6 Å². The molecule has 0 aliphatic carbocycles. The molecule has 1 aromatic rings. The Morgan fingerprint density at radius 2 is 2.23 bits per heavy atom. The minimum Gasteiger partial charge on any atom is -0.481 e. The predicted octanol–water partition coefficient (Wildman–Crippen LogP) is 1.58. The van der Waals surface area contributed by atoms with Crippen molar-refractivity contribution in [3.05, 3.63) is 22.4 Å². The maximum absolute atomic E-state index is 12.2. The van der Waals surface area contributed by atoms with E-state index in [4.69, 9.17) is 5.11 Å². The zero-order valence-corrected chi connectivity index (χ0v) is 13.1. The molecule has 2 heterocycles. The van der Waals surface area contributed by atoms with Crippen molar-refractivity contribution in [2.24, 2.45) is 5.92 Å². The van der Waals surface area contributed by atoms with Gasteiger partial charge in [-0.1, -0.05) is 6.07 Å². The Bertz CT molecular complexity index is 530. The molecule has 1 saturated heterocycles. The third kappa shape index (κ3) is 4.84. The number of thiophene rings is 1. The summed E-state index contributed by atoms with van der Waals surface area (Å²) in [5.74, 6) is -0.902. The molecular formula is C15H20N2O4S. The van der Waals surface area contributed by atoms with E-state index in [0.29, 0.717) is 24.4 Å². The van der Waals surface area contributed by atoms with Crippen LogP contribution in [0.2, 0.25) is 0 Å². The first-order chi connectivity index (χ1) is 10.6. The van der Waals surface area contributed by atoms with Crippen LogP contribution in [0.4, 0.5) is 0 Å². The maximum atomic E-state index is 12.2. The number of nitrogens with zero attached hydrogens (tertiary/aromatic N) is 1. The lowest BCUT2D eigenvalue weighted by atomic mass is 9.93. The first kappa shape index (κ1) is 16.5. The molecule has 2 N–H and O–H groups in total. The summed E-state index contributed by atoms with van der Waals surface area (Å²) in [6, 6.07) is 3.51. The van der Waals surface area contributed by atoms with Gasteiger partial charge in [0.1, 0.15) is 0 Å². The van der Waals surface area contributed by atoms with Crippen LogP contribution in [-0.2, 0) is 9.59 Å². The molecule has 22 heavy (non-hydrogen) atoms. The number of piperidine rings is 1. The number of hydrogen-bond acceptors (Lipinski definition) is 4. The summed E-state index contributed by atoms with van der Waals surface area (Å²) in [6.45, 7) is 1.25. The second kappa shape index (κ2) is 7.93. The number of amides is 2. The lowest BCUT2D eigenvalue weighted by molar-refractivity contribution is -0.137. The normalized spacial score (nSPS) is 18.0. The average Bonchev–Trinajstić information content (AvgIpc) is 3.05. The summed E-state index contributed by atoms with van der Waals surface area (Å²) in [4.78, 5) is 36.9. The van der Waals surface area contributed by atoms with Gasteiger partial charge in [-0.05, 0) is 36.6 Å². The largest absolute Gasteiger partial charge is 0.481 e. The number of carbonyl (C=O) groups excluding carboxylic acids is 2. The van der Waals surface area contributed by atoms with Crippen LogP contribution in [0.3, 0.4) is 0 Å². The zero-order valence-electron chi connectivity index (χ0n) is 12.3. The van der Waals surface area contributed by atoms with Crippen LogP contribution in [0.1, 0.15) is 35.4 Å². The van der Waals surface area contributed by atoms with Crippen LogP contribution < -0.4 is 5.32 Å².